The number of hydrogen-bond donors (Lipinski definition) is 1. The van der Waals surface area contributed by atoms with Gasteiger partial charge in [-0.3, -0.25) is 4.79 Å². The van der Waals surface area contributed by atoms with E-state index in [9.17, 15) is 18.0 Å². The maximum Gasteiger partial charge on any atom is 0.417 e. The zero-order valence-electron chi connectivity index (χ0n) is 15.9. The Morgan fingerprint density at radius 2 is 1.90 bits per heavy atom. The van der Waals surface area contributed by atoms with Gasteiger partial charge in [0, 0.05) is 12.2 Å². The van der Waals surface area contributed by atoms with Crippen LogP contribution in [0.5, 0.6) is 5.75 Å². The molecular weight excluding hydrogens is 397 g/mol. The van der Waals surface area contributed by atoms with Crippen molar-refractivity contribution in [3.63, 3.8) is 0 Å². The summed E-state index contributed by atoms with van der Waals surface area (Å²) in [4.78, 5) is 12.2. The summed E-state index contributed by atoms with van der Waals surface area (Å²) in [6.45, 7) is 0. The quantitative estimate of drug-likeness (QED) is 0.821. The van der Waals surface area contributed by atoms with Crippen LogP contribution in [0.25, 0.3) is 0 Å². The number of nitrogens with one attached hydrogen (secondary N) is 1. The average Bonchev–Trinajstić information content (AvgIpc) is 3.25. The zero-order valence-corrected chi connectivity index (χ0v) is 15.9. The second-order valence-electron chi connectivity index (χ2n) is 7.80. The van der Waals surface area contributed by atoms with E-state index in [0.717, 1.165) is 37.8 Å². The van der Waals surface area contributed by atoms with Crippen LogP contribution in [-0.2, 0) is 6.18 Å². The first-order valence-corrected chi connectivity index (χ1v) is 9.70. The average molecular weight is 416 g/mol. The number of halogens is 3. The number of rotatable bonds is 4. The molecule has 2 saturated carbocycles. The fourth-order valence-electron chi connectivity index (χ4n) is 4.58. The molecule has 9 heteroatoms. The van der Waals surface area contributed by atoms with E-state index >= 15 is 0 Å². The number of nitriles is 1. The number of hydrogen-bond acceptors (Lipinski definition) is 5. The molecule has 1 N–H and O–H groups in total. The highest BCUT2D eigenvalue weighted by Crippen LogP contribution is 2.45. The molecule has 0 bridgehead atoms. The van der Waals surface area contributed by atoms with Gasteiger partial charge in [0.2, 0.25) is 0 Å². The number of benzene rings is 1. The number of carbonyl (C=O) groups excluding carboxylic acids is 1. The molecule has 1 aromatic carbocycles. The summed E-state index contributed by atoms with van der Waals surface area (Å²) in [5.74, 6) is 0.571. The summed E-state index contributed by atoms with van der Waals surface area (Å²) in [5.41, 5.74) is -1.12. The Bertz CT molecular complexity index is 960. The number of aromatic nitrogens is 2. The second kappa shape index (κ2) is 7.94. The van der Waals surface area contributed by atoms with Crippen molar-refractivity contribution in [2.45, 2.75) is 44.0 Å². The van der Waals surface area contributed by atoms with Crippen molar-refractivity contribution >= 4 is 5.91 Å². The van der Waals surface area contributed by atoms with Crippen LogP contribution in [0.15, 0.2) is 36.5 Å². The third-order valence-electron chi connectivity index (χ3n) is 5.83. The fraction of sp³-hybridized carbons (Fsp3) is 0.429. The Kier molecular flexibility index (Phi) is 5.33. The Labute approximate surface area is 171 Å². The molecule has 4 rings (SSSR count). The lowest BCUT2D eigenvalue weighted by molar-refractivity contribution is -0.137. The predicted octanol–water partition coefficient (Wildman–Crippen LogP) is 3.73. The molecule has 2 fully saturated rings. The molecule has 2 aliphatic rings. The van der Waals surface area contributed by atoms with Gasteiger partial charge in [0.1, 0.15) is 5.75 Å². The normalized spacial score (nSPS) is 25.4. The van der Waals surface area contributed by atoms with Crippen LogP contribution in [0.4, 0.5) is 13.2 Å². The number of carbonyl (C=O) groups is 1. The highest BCUT2D eigenvalue weighted by atomic mass is 19.4. The standard InChI is InChI=1S/C21H19F3N4O2/c22-21(23,24)18-10-16(4-3-12(18)11-25)30-17-8-13-6-15(7-14(13)9-17)27-20(29)19-2-1-5-26-28-19/h1-5,10,13-15,17H,6-9H2,(H,27,29). The van der Waals surface area contributed by atoms with Gasteiger partial charge < -0.3 is 10.1 Å². The van der Waals surface area contributed by atoms with Gasteiger partial charge in [-0.25, -0.2) is 0 Å². The molecule has 0 radical (unpaired) electrons. The van der Waals surface area contributed by atoms with Gasteiger partial charge in [-0.1, -0.05) is 0 Å². The van der Waals surface area contributed by atoms with Crippen LogP contribution in [0.3, 0.4) is 0 Å². The van der Waals surface area contributed by atoms with Crippen molar-refractivity contribution in [2.24, 2.45) is 11.8 Å². The van der Waals surface area contributed by atoms with Crippen LogP contribution in [0.1, 0.15) is 47.3 Å². The van der Waals surface area contributed by atoms with Crippen LogP contribution in [-0.4, -0.2) is 28.3 Å². The molecule has 156 valence electrons. The molecule has 2 aliphatic carbocycles. The zero-order chi connectivity index (χ0) is 21.3. The Hall–Kier alpha value is -3.15. The maximum atomic E-state index is 13.1. The summed E-state index contributed by atoms with van der Waals surface area (Å²) in [7, 11) is 0. The number of amides is 1. The molecule has 30 heavy (non-hydrogen) atoms. The van der Waals surface area contributed by atoms with Crippen LogP contribution < -0.4 is 10.1 Å². The first-order valence-electron chi connectivity index (χ1n) is 9.70. The van der Waals surface area contributed by atoms with Crippen molar-refractivity contribution in [3.8, 4) is 11.8 Å². The van der Waals surface area contributed by atoms with E-state index in [2.05, 4.69) is 15.5 Å². The lowest BCUT2D eigenvalue weighted by Crippen LogP contribution is -2.34. The number of fused-ring (bicyclic) bond motifs is 1. The van der Waals surface area contributed by atoms with Gasteiger partial charge in [-0.05, 0) is 67.9 Å². The lowest BCUT2D eigenvalue weighted by Gasteiger charge is -2.18. The van der Waals surface area contributed by atoms with Crippen molar-refractivity contribution in [1.82, 2.24) is 15.5 Å². The topological polar surface area (TPSA) is 87.9 Å². The molecule has 2 aromatic rings. The van der Waals surface area contributed by atoms with Gasteiger partial charge in [0.25, 0.3) is 5.91 Å². The fourth-order valence-corrected chi connectivity index (χ4v) is 4.58. The van der Waals surface area contributed by atoms with Gasteiger partial charge in [0.15, 0.2) is 5.69 Å². The first kappa shape index (κ1) is 20.1. The molecule has 1 amide bonds. The molecule has 2 atom stereocenters. The molecular formula is C21H19F3N4O2. The highest BCUT2D eigenvalue weighted by Gasteiger charge is 2.43. The van der Waals surface area contributed by atoms with E-state index in [0.29, 0.717) is 11.8 Å². The lowest BCUT2D eigenvalue weighted by atomic mass is 10.0. The van der Waals surface area contributed by atoms with Crippen LogP contribution >= 0.6 is 0 Å². The largest absolute Gasteiger partial charge is 0.490 e. The van der Waals surface area contributed by atoms with E-state index in [1.54, 1.807) is 18.2 Å². The van der Waals surface area contributed by atoms with E-state index in [4.69, 9.17) is 10.00 Å². The molecule has 0 spiro atoms. The predicted molar refractivity (Wildman–Crippen MR) is 99.3 cm³/mol. The second-order valence-corrected chi connectivity index (χ2v) is 7.80. The SMILES string of the molecule is N#Cc1ccc(OC2CC3CC(NC(=O)c4cccnn4)CC3C2)cc1C(F)(F)F. The highest BCUT2D eigenvalue weighted by molar-refractivity contribution is 5.92. The summed E-state index contributed by atoms with van der Waals surface area (Å²) in [6.07, 6.45) is -0.221. The Morgan fingerprint density at radius 3 is 2.50 bits per heavy atom. The molecule has 0 saturated heterocycles. The van der Waals surface area contributed by atoms with Gasteiger partial charge in [0.05, 0.1) is 23.3 Å². The Balaban J connectivity index is 1.34. The van der Waals surface area contributed by atoms with E-state index < -0.39 is 17.3 Å². The summed E-state index contributed by atoms with van der Waals surface area (Å²) >= 11 is 0. The van der Waals surface area contributed by atoms with E-state index in [1.165, 1.54) is 12.3 Å². The van der Waals surface area contributed by atoms with Gasteiger partial charge >= 0.3 is 6.18 Å². The van der Waals surface area contributed by atoms with Crippen LogP contribution in [0, 0.1) is 23.2 Å². The van der Waals surface area contributed by atoms with Gasteiger partial charge in [-0.15, -0.1) is 5.10 Å². The molecule has 6 nitrogen and oxygen atoms in total. The smallest absolute Gasteiger partial charge is 0.417 e. The third kappa shape index (κ3) is 4.22. The van der Waals surface area contributed by atoms with Gasteiger partial charge in [-0.2, -0.15) is 23.5 Å². The van der Waals surface area contributed by atoms with Crippen molar-refractivity contribution in [3.05, 3.63) is 53.3 Å². The summed E-state index contributed by atoms with van der Waals surface area (Å²) < 4.78 is 45.2. The minimum absolute atomic E-state index is 0.0437. The number of alkyl halides is 3. The van der Waals surface area contributed by atoms with Crippen molar-refractivity contribution < 1.29 is 22.7 Å². The summed E-state index contributed by atoms with van der Waals surface area (Å²) in [5, 5.41) is 19.4. The van der Waals surface area contributed by atoms with E-state index in [1.807, 2.05) is 0 Å². The van der Waals surface area contributed by atoms with E-state index in [-0.39, 0.29) is 29.5 Å². The minimum Gasteiger partial charge on any atom is -0.490 e. The molecule has 0 aliphatic heterocycles. The first-order chi connectivity index (χ1) is 14.3. The minimum atomic E-state index is -4.61. The molecule has 2 unspecified atom stereocenters. The van der Waals surface area contributed by atoms with Crippen LogP contribution in [0.2, 0.25) is 0 Å². The maximum absolute atomic E-state index is 13.1. The molecule has 1 heterocycles. The third-order valence-corrected chi connectivity index (χ3v) is 5.83. The van der Waals surface area contributed by atoms with Crippen molar-refractivity contribution in [2.75, 3.05) is 0 Å². The molecule has 1 aromatic heterocycles. The van der Waals surface area contributed by atoms with Crippen molar-refractivity contribution in [1.29, 1.82) is 5.26 Å². The number of ether oxygens (including phenoxy) is 1. The number of nitrogens with zero attached hydrogens (tertiary/aromatic N) is 3. The summed E-state index contributed by atoms with van der Waals surface area (Å²) in [6, 6.07) is 8.32. The monoisotopic (exact) mass is 416 g/mol. The Morgan fingerprint density at radius 1 is 1.17 bits per heavy atom.